The van der Waals surface area contributed by atoms with E-state index in [2.05, 4.69) is 21.0 Å². The lowest BCUT2D eigenvalue weighted by atomic mass is 10.1. The predicted molar refractivity (Wildman–Crippen MR) is 82.7 cm³/mol. The van der Waals surface area contributed by atoms with Crippen molar-refractivity contribution in [3.05, 3.63) is 69.9 Å². The molecule has 0 fully saturated rings. The molecule has 3 nitrogen and oxygen atoms in total. The fourth-order valence-electron chi connectivity index (χ4n) is 2.26. The average Bonchev–Trinajstić information content (AvgIpc) is 2.96. The van der Waals surface area contributed by atoms with E-state index in [1.807, 2.05) is 24.3 Å². The zero-order valence-corrected chi connectivity index (χ0v) is 12.7. The molecule has 0 radical (unpaired) electrons. The predicted octanol–water partition coefficient (Wildman–Crippen LogP) is 3.84. The van der Waals surface area contributed by atoms with Crippen LogP contribution in [-0.2, 0) is 0 Å². The summed E-state index contributed by atoms with van der Waals surface area (Å²) in [7, 11) is 0. The highest BCUT2D eigenvalue weighted by Crippen LogP contribution is 2.22. The molecule has 2 aromatic rings. The summed E-state index contributed by atoms with van der Waals surface area (Å²) in [6.07, 6.45) is 0.684. The minimum absolute atomic E-state index is 0.281. The molecule has 0 saturated carbocycles. The van der Waals surface area contributed by atoms with E-state index in [1.54, 1.807) is 6.07 Å². The van der Waals surface area contributed by atoms with Crippen molar-refractivity contribution in [3.8, 4) is 0 Å². The van der Waals surface area contributed by atoms with E-state index in [9.17, 15) is 9.18 Å². The van der Waals surface area contributed by atoms with Crippen molar-refractivity contribution in [2.24, 2.45) is 5.10 Å². The number of hydrogen-bond donors (Lipinski definition) is 0. The second kappa shape index (κ2) is 5.77. The third kappa shape index (κ3) is 2.88. The highest BCUT2D eigenvalue weighted by Gasteiger charge is 2.23. The van der Waals surface area contributed by atoms with Crippen LogP contribution in [-0.4, -0.2) is 23.2 Å². The molecule has 2 aromatic carbocycles. The number of halogens is 2. The van der Waals surface area contributed by atoms with Crippen LogP contribution in [0.5, 0.6) is 0 Å². The van der Waals surface area contributed by atoms with E-state index in [-0.39, 0.29) is 5.91 Å². The second-order valence-electron chi connectivity index (χ2n) is 4.72. The normalized spacial score (nSPS) is 14.2. The second-order valence-corrected chi connectivity index (χ2v) is 5.57. The molecule has 0 aromatic heterocycles. The monoisotopic (exact) mass is 346 g/mol. The number of amides is 1. The Labute approximate surface area is 130 Å². The Kier molecular flexibility index (Phi) is 3.84. The first kappa shape index (κ1) is 13.9. The van der Waals surface area contributed by atoms with Crippen LogP contribution in [0.3, 0.4) is 0 Å². The van der Waals surface area contributed by atoms with Crippen molar-refractivity contribution in [1.82, 2.24) is 5.01 Å². The standard InChI is InChI=1S/C16H12BrFN2O/c17-14-7-2-1-6-13(14)15-8-9-20(19-15)16(21)11-4-3-5-12(18)10-11/h1-7,10H,8-9H2. The summed E-state index contributed by atoms with van der Waals surface area (Å²) in [6.45, 7) is 0.506. The topological polar surface area (TPSA) is 32.7 Å². The van der Waals surface area contributed by atoms with Gasteiger partial charge < -0.3 is 0 Å². The third-order valence-corrected chi connectivity index (χ3v) is 3.98. The highest BCUT2D eigenvalue weighted by atomic mass is 79.9. The molecule has 0 spiro atoms. The Morgan fingerprint density at radius 2 is 2.00 bits per heavy atom. The van der Waals surface area contributed by atoms with E-state index < -0.39 is 5.82 Å². The molecular weight excluding hydrogens is 335 g/mol. The van der Waals surface area contributed by atoms with Crippen LogP contribution in [0.2, 0.25) is 0 Å². The fourth-order valence-corrected chi connectivity index (χ4v) is 2.77. The molecule has 0 aliphatic carbocycles. The molecule has 0 saturated heterocycles. The number of rotatable bonds is 2. The van der Waals surface area contributed by atoms with Crippen LogP contribution >= 0.6 is 15.9 Å². The molecule has 0 unspecified atom stereocenters. The van der Waals surface area contributed by atoms with Crippen molar-refractivity contribution in [3.63, 3.8) is 0 Å². The summed E-state index contributed by atoms with van der Waals surface area (Å²) in [5.41, 5.74) is 2.14. The van der Waals surface area contributed by atoms with Crippen LogP contribution in [0.25, 0.3) is 0 Å². The lowest BCUT2D eigenvalue weighted by Crippen LogP contribution is -2.23. The van der Waals surface area contributed by atoms with Crippen molar-refractivity contribution in [2.75, 3.05) is 6.54 Å². The van der Waals surface area contributed by atoms with Crippen LogP contribution in [0.4, 0.5) is 4.39 Å². The molecule has 5 heteroatoms. The molecule has 0 N–H and O–H groups in total. The largest absolute Gasteiger partial charge is 0.274 e. The van der Waals surface area contributed by atoms with E-state index >= 15 is 0 Å². The molecule has 0 atom stereocenters. The fraction of sp³-hybridized carbons (Fsp3) is 0.125. The number of benzene rings is 2. The minimum atomic E-state index is -0.421. The van der Waals surface area contributed by atoms with Crippen LogP contribution in [0.15, 0.2) is 58.1 Å². The van der Waals surface area contributed by atoms with Gasteiger partial charge in [-0.05, 0) is 24.3 Å². The molecule has 0 bridgehead atoms. The number of hydrazone groups is 1. The molecule has 3 rings (SSSR count). The van der Waals surface area contributed by atoms with Gasteiger partial charge in [0.15, 0.2) is 0 Å². The zero-order chi connectivity index (χ0) is 14.8. The number of carbonyl (C=O) groups is 1. The van der Waals surface area contributed by atoms with Gasteiger partial charge in [0.25, 0.3) is 5.91 Å². The Balaban J connectivity index is 1.86. The average molecular weight is 347 g/mol. The van der Waals surface area contributed by atoms with E-state index in [0.29, 0.717) is 18.5 Å². The summed E-state index contributed by atoms with van der Waals surface area (Å²) in [5, 5.41) is 5.77. The Morgan fingerprint density at radius 3 is 2.76 bits per heavy atom. The van der Waals surface area contributed by atoms with Gasteiger partial charge in [0.05, 0.1) is 12.3 Å². The third-order valence-electron chi connectivity index (χ3n) is 3.29. The molecule has 1 heterocycles. The maximum Gasteiger partial charge on any atom is 0.274 e. The van der Waals surface area contributed by atoms with Gasteiger partial charge >= 0.3 is 0 Å². The molecule has 21 heavy (non-hydrogen) atoms. The number of hydrogen-bond acceptors (Lipinski definition) is 2. The van der Waals surface area contributed by atoms with Gasteiger partial charge in [-0.1, -0.05) is 40.2 Å². The van der Waals surface area contributed by atoms with Crippen molar-refractivity contribution >= 4 is 27.5 Å². The smallest absolute Gasteiger partial charge is 0.267 e. The molecular formula is C16H12BrFN2O. The Morgan fingerprint density at radius 1 is 1.19 bits per heavy atom. The lowest BCUT2D eigenvalue weighted by Gasteiger charge is -2.11. The first-order chi connectivity index (χ1) is 10.1. The van der Waals surface area contributed by atoms with E-state index in [4.69, 9.17) is 0 Å². The lowest BCUT2D eigenvalue weighted by molar-refractivity contribution is 0.0778. The van der Waals surface area contributed by atoms with Gasteiger partial charge in [-0.25, -0.2) is 9.40 Å². The Hall–Kier alpha value is -2.01. The van der Waals surface area contributed by atoms with Gasteiger partial charge in [-0.15, -0.1) is 0 Å². The van der Waals surface area contributed by atoms with Crippen molar-refractivity contribution in [1.29, 1.82) is 0 Å². The van der Waals surface area contributed by atoms with Crippen LogP contribution < -0.4 is 0 Å². The van der Waals surface area contributed by atoms with Crippen LogP contribution in [0.1, 0.15) is 22.3 Å². The Bertz CT molecular complexity index is 730. The summed E-state index contributed by atoms with van der Waals surface area (Å²) >= 11 is 3.48. The summed E-state index contributed by atoms with van der Waals surface area (Å²) in [4.78, 5) is 12.3. The van der Waals surface area contributed by atoms with Crippen molar-refractivity contribution < 1.29 is 9.18 Å². The first-order valence-corrected chi connectivity index (χ1v) is 7.34. The van der Waals surface area contributed by atoms with Gasteiger partial charge in [0, 0.05) is 22.0 Å². The first-order valence-electron chi connectivity index (χ1n) is 6.55. The molecule has 1 aliphatic rings. The maximum atomic E-state index is 13.2. The maximum absolute atomic E-state index is 13.2. The number of carbonyl (C=O) groups excluding carboxylic acids is 1. The summed E-state index contributed by atoms with van der Waals surface area (Å²) in [6, 6.07) is 13.4. The van der Waals surface area contributed by atoms with Gasteiger partial charge in [0.2, 0.25) is 0 Å². The quantitative estimate of drug-likeness (QED) is 0.813. The van der Waals surface area contributed by atoms with E-state index in [1.165, 1.54) is 23.2 Å². The van der Waals surface area contributed by atoms with Gasteiger partial charge in [0.1, 0.15) is 5.82 Å². The van der Waals surface area contributed by atoms with Gasteiger partial charge in [-0.2, -0.15) is 5.10 Å². The molecule has 1 aliphatic heterocycles. The zero-order valence-electron chi connectivity index (χ0n) is 11.1. The molecule has 1 amide bonds. The summed E-state index contributed by atoms with van der Waals surface area (Å²) in [5.74, 6) is -0.702. The number of nitrogens with zero attached hydrogens (tertiary/aromatic N) is 2. The molecule has 106 valence electrons. The minimum Gasteiger partial charge on any atom is -0.267 e. The van der Waals surface area contributed by atoms with Crippen molar-refractivity contribution in [2.45, 2.75) is 6.42 Å². The highest BCUT2D eigenvalue weighted by molar-refractivity contribution is 9.10. The van der Waals surface area contributed by atoms with Crippen LogP contribution in [0, 0.1) is 5.82 Å². The van der Waals surface area contributed by atoms with Gasteiger partial charge in [-0.3, -0.25) is 4.79 Å². The summed E-state index contributed by atoms with van der Waals surface area (Å²) < 4.78 is 14.1. The SMILES string of the molecule is O=C(c1cccc(F)c1)N1CCC(c2ccccc2Br)=N1. The van der Waals surface area contributed by atoms with E-state index in [0.717, 1.165) is 15.7 Å².